The second-order valence-electron chi connectivity index (χ2n) is 7.04. The Morgan fingerprint density at radius 2 is 2.08 bits per heavy atom. The number of hydrogen-bond donors (Lipinski definition) is 0. The van der Waals surface area contributed by atoms with Gasteiger partial charge >= 0.3 is 0 Å². The Morgan fingerprint density at radius 3 is 2.92 bits per heavy atom. The molecule has 1 aromatic rings. The summed E-state index contributed by atoms with van der Waals surface area (Å²) in [4.78, 5) is 9.44. The van der Waals surface area contributed by atoms with Crippen molar-refractivity contribution in [2.24, 2.45) is 11.8 Å². The first-order valence-corrected chi connectivity index (χ1v) is 8.95. The van der Waals surface area contributed by atoms with Crippen molar-refractivity contribution in [1.29, 1.82) is 0 Å². The molecule has 4 heterocycles. The number of nitrogens with zero attached hydrogens (tertiary/aromatic N) is 3. The molecule has 3 saturated heterocycles. The molecule has 24 heavy (non-hydrogen) atoms. The molecule has 0 N–H and O–H groups in total. The molecule has 4 rings (SSSR count). The minimum absolute atomic E-state index is 0.536. The molecule has 0 bridgehead atoms. The first-order chi connectivity index (χ1) is 11.8. The van der Waals surface area contributed by atoms with Gasteiger partial charge in [0, 0.05) is 56.4 Å². The highest BCUT2D eigenvalue weighted by Crippen LogP contribution is 2.34. The largest absolute Gasteiger partial charge is 0.481 e. The van der Waals surface area contributed by atoms with Gasteiger partial charge < -0.3 is 14.2 Å². The number of rotatable bonds is 4. The van der Waals surface area contributed by atoms with E-state index < -0.39 is 0 Å². The summed E-state index contributed by atoms with van der Waals surface area (Å²) in [7, 11) is 1.69. The van der Waals surface area contributed by atoms with Crippen LogP contribution in [0.1, 0.15) is 5.56 Å². The van der Waals surface area contributed by atoms with E-state index in [0.717, 1.165) is 65.0 Å². The molecule has 6 nitrogen and oxygen atoms in total. The van der Waals surface area contributed by atoms with Crippen LogP contribution in [0.15, 0.2) is 18.3 Å². The fourth-order valence-corrected chi connectivity index (χ4v) is 4.45. The Labute approximate surface area is 143 Å². The number of ether oxygens (including phenoxy) is 3. The number of aromatic nitrogens is 1. The lowest BCUT2D eigenvalue weighted by Gasteiger charge is -2.42. The van der Waals surface area contributed by atoms with Crippen LogP contribution in [-0.2, 0) is 16.0 Å². The van der Waals surface area contributed by atoms with Gasteiger partial charge in [-0.05, 0) is 12.0 Å². The summed E-state index contributed by atoms with van der Waals surface area (Å²) >= 11 is 0. The minimum atomic E-state index is 0.536. The van der Waals surface area contributed by atoms with Gasteiger partial charge in [-0.2, -0.15) is 0 Å². The van der Waals surface area contributed by atoms with E-state index in [1.165, 1.54) is 5.56 Å². The molecular weight excluding hydrogens is 306 g/mol. The number of hydrogen-bond acceptors (Lipinski definition) is 6. The summed E-state index contributed by atoms with van der Waals surface area (Å²) in [6, 6.07) is 4.64. The molecule has 0 spiro atoms. The van der Waals surface area contributed by atoms with E-state index in [-0.39, 0.29) is 0 Å². The van der Waals surface area contributed by atoms with Crippen molar-refractivity contribution in [3.05, 3.63) is 23.9 Å². The fraction of sp³-hybridized carbons (Fsp3) is 0.722. The third-order valence-corrected chi connectivity index (χ3v) is 5.63. The Morgan fingerprint density at radius 1 is 1.21 bits per heavy atom. The number of pyridine rings is 1. The van der Waals surface area contributed by atoms with Crippen LogP contribution in [-0.4, -0.2) is 80.5 Å². The highest BCUT2D eigenvalue weighted by molar-refractivity contribution is 5.25. The van der Waals surface area contributed by atoms with E-state index in [4.69, 9.17) is 14.2 Å². The zero-order chi connectivity index (χ0) is 16.4. The molecule has 132 valence electrons. The monoisotopic (exact) mass is 333 g/mol. The Balaban J connectivity index is 1.43. The molecule has 1 aromatic heterocycles. The van der Waals surface area contributed by atoms with Gasteiger partial charge in [0.15, 0.2) is 0 Å². The minimum Gasteiger partial charge on any atom is -0.481 e. The molecular formula is C18H27N3O3. The average Bonchev–Trinajstić information content (AvgIpc) is 3.05. The van der Waals surface area contributed by atoms with Gasteiger partial charge in [0.1, 0.15) is 0 Å². The maximum atomic E-state index is 5.95. The molecule has 0 aliphatic carbocycles. The van der Waals surface area contributed by atoms with Crippen LogP contribution in [0.2, 0.25) is 0 Å². The van der Waals surface area contributed by atoms with Gasteiger partial charge in [0.05, 0.1) is 33.5 Å². The summed E-state index contributed by atoms with van der Waals surface area (Å²) in [6.45, 7) is 8.67. The first-order valence-electron chi connectivity index (χ1n) is 8.95. The molecule has 0 amide bonds. The predicted molar refractivity (Wildman–Crippen MR) is 90.0 cm³/mol. The maximum Gasteiger partial charge on any atom is 0.217 e. The fourth-order valence-electron chi connectivity index (χ4n) is 4.45. The van der Waals surface area contributed by atoms with E-state index in [2.05, 4.69) is 20.9 Å². The zero-order valence-corrected chi connectivity index (χ0v) is 14.4. The van der Waals surface area contributed by atoms with Crippen molar-refractivity contribution in [2.75, 3.05) is 59.7 Å². The third-order valence-electron chi connectivity index (χ3n) is 5.63. The summed E-state index contributed by atoms with van der Waals surface area (Å²) in [5.41, 5.74) is 1.17. The normalized spacial score (nSPS) is 31.8. The van der Waals surface area contributed by atoms with Crippen molar-refractivity contribution in [2.45, 2.75) is 12.6 Å². The second-order valence-corrected chi connectivity index (χ2v) is 7.04. The van der Waals surface area contributed by atoms with Crippen molar-refractivity contribution in [1.82, 2.24) is 14.8 Å². The summed E-state index contributed by atoms with van der Waals surface area (Å²) < 4.78 is 16.9. The Hall–Kier alpha value is -1.21. The molecule has 0 saturated carbocycles. The molecule has 0 aromatic carbocycles. The lowest BCUT2D eigenvalue weighted by molar-refractivity contribution is -0.0683. The van der Waals surface area contributed by atoms with Crippen LogP contribution in [0, 0.1) is 11.8 Å². The van der Waals surface area contributed by atoms with Crippen LogP contribution in [0.25, 0.3) is 0 Å². The molecule has 3 atom stereocenters. The highest BCUT2D eigenvalue weighted by Gasteiger charge is 2.43. The number of likely N-dealkylation sites (tertiary alicyclic amines) is 1. The lowest BCUT2D eigenvalue weighted by atomic mass is 9.86. The van der Waals surface area contributed by atoms with Crippen molar-refractivity contribution < 1.29 is 14.2 Å². The zero-order valence-electron chi connectivity index (χ0n) is 14.4. The molecule has 0 unspecified atom stereocenters. The summed E-state index contributed by atoms with van der Waals surface area (Å²) in [5.74, 6) is 2.07. The quantitative estimate of drug-likeness (QED) is 0.815. The standard InChI is InChI=1S/C18H27N3O3/c1-22-18-14(3-2-4-19-18)9-20-10-15-12-24-13-17(16(15)11-20)21-5-7-23-8-6-21/h2-4,15-17H,5-13H2,1H3/t15-,16-,17-/m0/s1. The van der Waals surface area contributed by atoms with E-state index in [0.29, 0.717) is 17.9 Å². The van der Waals surface area contributed by atoms with Gasteiger partial charge in [-0.15, -0.1) is 0 Å². The third kappa shape index (κ3) is 3.28. The van der Waals surface area contributed by atoms with E-state index in [1.807, 2.05) is 6.07 Å². The maximum absolute atomic E-state index is 5.95. The number of morpholine rings is 1. The number of methoxy groups -OCH3 is 1. The second kappa shape index (κ2) is 7.35. The van der Waals surface area contributed by atoms with E-state index >= 15 is 0 Å². The van der Waals surface area contributed by atoms with Crippen molar-refractivity contribution in [3.63, 3.8) is 0 Å². The van der Waals surface area contributed by atoms with Gasteiger partial charge in [-0.3, -0.25) is 9.80 Å². The van der Waals surface area contributed by atoms with Gasteiger partial charge in [0.25, 0.3) is 0 Å². The molecule has 3 aliphatic rings. The topological polar surface area (TPSA) is 47.1 Å². The van der Waals surface area contributed by atoms with Gasteiger partial charge in [0.2, 0.25) is 5.88 Å². The Bertz CT molecular complexity index is 550. The average molecular weight is 333 g/mol. The smallest absolute Gasteiger partial charge is 0.217 e. The first kappa shape index (κ1) is 16.3. The van der Waals surface area contributed by atoms with Crippen molar-refractivity contribution >= 4 is 0 Å². The van der Waals surface area contributed by atoms with Gasteiger partial charge in [-0.25, -0.2) is 4.98 Å². The highest BCUT2D eigenvalue weighted by atomic mass is 16.5. The number of fused-ring (bicyclic) bond motifs is 1. The van der Waals surface area contributed by atoms with E-state index in [1.54, 1.807) is 13.3 Å². The summed E-state index contributed by atoms with van der Waals surface area (Å²) in [6.07, 6.45) is 1.79. The molecule has 3 fully saturated rings. The van der Waals surface area contributed by atoms with Crippen molar-refractivity contribution in [3.8, 4) is 5.88 Å². The van der Waals surface area contributed by atoms with Crippen LogP contribution in [0.4, 0.5) is 0 Å². The van der Waals surface area contributed by atoms with Crippen LogP contribution in [0.5, 0.6) is 5.88 Å². The molecule has 0 radical (unpaired) electrons. The van der Waals surface area contributed by atoms with Gasteiger partial charge in [-0.1, -0.05) is 6.07 Å². The molecule has 6 heteroatoms. The van der Waals surface area contributed by atoms with E-state index in [9.17, 15) is 0 Å². The Kier molecular flexibility index (Phi) is 4.98. The SMILES string of the molecule is COc1ncccc1CN1C[C@H]2COC[C@H](N3CCOCC3)[C@H]2C1. The van der Waals surface area contributed by atoms with Crippen LogP contribution >= 0.6 is 0 Å². The lowest BCUT2D eigenvalue weighted by Crippen LogP contribution is -2.53. The molecule has 3 aliphatic heterocycles. The predicted octanol–water partition coefficient (Wildman–Crippen LogP) is 0.869. The summed E-state index contributed by atoms with van der Waals surface area (Å²) in [5, 5.41) is 0. The van der Waals surface area contributed by atoms with Crippen LogP contribution in [0.3, 0.4) is 0 Å². The van der Waals surface area contributed by atoms with Crippen LogP contribution < -0.4 is 4.74 Å².